The van der Waals surface area contributed by atoms with E-state index in [2.05, 4.69) is 4.72 Å². The molecule has 17 heavy (non-hydrogen) atoms. The van der Waals surface area contributed by atoms with Crippen molar-refractivity contribution in [3.63, 3.8) is 0 Å². The number of aliphatic hydroxyl groups is 1. The molecule has 0 saturated carbocycles. The van der Waals surface area contributed by atoms with Crippen molar-refractivity contribution >= 4 is 21.4 Å². The van der Waals surface area contributed by atoms with Crippen LogP contribution in [0.15, 0.2) is 10.3 Å². The molecule has 2 N–H and O–H groups in total. The molecule has 98 valence electrons. The summed E-state index contributed by atoms with van der Waals surface area (Å²) in [6.45, 7) is 5.60. The van der Waals surface area contributed by atoms with Crippen molar-refractivity contribution in [2.45, 2.75) is 50.5 Å². The summed E-state index contributed by atoms with van der Waals surface area (Å²) in [4.78, 5) is 0.704. The van der Waals surface area contributed by atoms with Crippen LogP contribution in [0.25, 0.3) is 0 Å². The molecular weight excluding hydrogens is 258 g/mol. The Labute approximate surface area is 107 Å². The molecule has 4 nitrogen and oxygen atoms in total. The summed E-state index contributed by atoms with van der Waals surface area (Å²) in [7, 11) is -3.44. The highest BCUT2D eigenvalue weighted by atomic mass is 32.2. The second-order valence-corrected chi connectivity index (χ2v) is 7.04. The topological polar surface area (TPSA) is 66.4 Å². The first kappa shape index (κ1) is 14.6. The monoisotopic (exact) mass is 277 g/mol. The largest absolute Gasteiger partial charge is 0.391 e. The second kappa shape index (κ2) is 5.95. The molecule has 0 radical (unpaired) electrons. The van der Waals surface area contributed by atoms with E-state index < -0.39 is 10.0 Å². The molecule has 0 saturated heterocycles. The van der Waals surface area contributed by atoms with Crippen molar-refractivity contribution < 1.29 is 13.5 Å². The van der Waals surface area contributed by atoms with E-state index in [1.54, 1.807) is 13.0 Å². The van der Waals surface area contributed by atoms with Gasteiger partial charge < -0.3 is 5.11 Å². The number of hydrogen-bond donors (Lipinski definition) is 2. The fourth-order valence-corrected chi connectivity index (χ4v) is 4.38. The van der Waals surface area contributed by atoms with Crippen LogP contribution in [0.1, 0.15) is 37.1 Å². The van der Waals surface area contributed by atoms with Crippen LogP contribution >= 0.6 is 11.3 Å². The predicted molar refractivity (Wildman–Crippen MR) is 69.7 cm³/mol. The van der Waals surface area contributed by atoms with Gasteiger partial charge in [-0.25, -0.2) is 13.1 Å². The number of rotatable bonds is 6. The molecule has 1 aromatic heterocycles. The lowest BCUT2D eigenvalue weighted by Gasteiger charge is -2.13. The molecule has 0 aliphatic heterocycles. The molecular formula is C11H19NO3S2. The van der Waals surface area contributed by atoms with Gasteiger partial charge in [-0.2, -0.15) is 0 Å². The van der Waals surface area contributed by atoms with E-state index in [4.69, 9.17) is 5.11 Å². The Hall–Kier alpha value is -0.430. The number of nitrogens with one attached hydrogen (secondary N) is 1. The Morgan fingerprint density at radius 3 is 2.41 bits per heavy atom. The van der Waals surface area contributed by atoms with E-state index in [-0.39, 0.29) is 16.9 Å². The number of thiophene rings is 1. The van der Waals surface area contributed by atoms with E-state index in [0.29, 0.717) is 4.88 Å². The third kappa shape index (κ3) is 3.51. The smallest absolute Gasteiger partial charge is 0.250 e. The highest BCUT2D eigenvalue weighted by Crippen LogP contribution is 2.26. The van der Waals surface area contributed by atoms with Crippen LogP contribution < -0.4 is 4.72 Å². The first-order valence-electron chi connectivity index (χ1n) is 5.67. The molecule has 0 amide bonds. The Morgan fingerprint density at radius 2 is 2.00 bits per heavy atom. The maximum absolute atomic E-state index is 12.1. The highest BCUT2D eigenvalue weighted by Gasteiger charge is 2.21. The molecule has 6 heteroatoms. The summed E-state index contributed by atoms with van der Waals surface area (Å²) < 4.78 is 27.1. The number of aryl methyl sites for hydroxylation is 1. The van der Waals surface area contributed by atoms with Crippen molar-refractivity contribution in [1.82, 2.24) is 4.72 Å². The number of aliphatic hydroxyl groups excluding tert-OH is 1. The van der Waals surface area contributed by atoms with Crippen LogP contribution in [0, 0.1) is 6.92 Å². The minimum Gasteiger partial charge on any atom is -0.391 e. The van der Waals surface area contributed by atoms with Crippen molar-refractivity contribution in [3.05, 3.63) is 16.5 Å². The Balaban J connectivity index is 2.96. The molecule has 0 atom stereocenters. The van der Waals surface area contributed by atoms with Gasteiger partial charge in [0.25, 0.3) is 0 Å². The lowest BCUT2D eigenvalue weighted by atomic mass is 10.2. The van der Waals surface area contributed by atoms with Crippen LogP contribution in [-0.4, -0.2) is 19.6 Å². The number of sulfonamides is 1. The lowest BCUT2D eigenvalue weighted by molar-refractivity contribution is 0.285. The molecule has 1 rings (SSSR count). The van der Waals surface area contributed by atoms with E-state index in [9.17, 15) is 8.42 Å². The maximum atomic E-state index is 12.1. The van der Waals surface area contributed by atoms with Crippen molar-refractivity contribution in [2.75, 3.05) is 0 Å². The summed E-state index contributed by atoms with van der Waals surface area (Å²) in [5, 5.41) is 9.07. The van der Waals surface area contributed by atoms with Gasteiger partial charge in [-0.3, -0.25) is 0 Å². The molecule has 0 spiro atoms. The van der Waals surface area contributed by atoms with Crippen LogP contribution in [-0.2, 0) is 16.6 Å². The van der Waals surface area contributed by atoms with E-state index in [1.165, 1.54) is 0 Å². The summed E-state index contributed by atoms with van der Waals surface area (Å²) in [6.07, 6.45) is 1.54. The molecule has 0 aliphatic carbocycles. The lowest BCUT2D eigenvalue weighted by Crippen LogP contribution is -2.33. The standard InChI is InChI=1S/C11H19NO3S2/c1-4-9(5-2)12-17(14,15)11-6-8(3)10(7-13)16-11/h6,9,12-13H,4-5,7H2,1-3H3. The van der Waals surface area contributed by atoms with Crippen molar-refractivity contribution in [2.24, 2.45) is 0 Å². The maximum Gasteiger partial charge on any atom is 0.250 e. The van der Waals surface area contributed by atoms with Gasteiger partial charge in [-0.15, -0.1) is 11.3 Å². The van der Waals surface area contributed by atoms with Gasteiger partial charge in [0.1, 0.15) is 4.21 Å². The predicted octanol–water partition coefficient (Wildman–Crippen LogP) is 2.02. The Bertz CT molecular complexity index is 461. The normalized spacial score (nSPS) is 12.3. The van der Waals surface area contributed by atoms with E-state index >= 15 is 0 Å². The molecule has 1 heterocycles. The Kier molecular flexibility index (Phi) is 5.12. The Morgan fingerprint density at radius 1 is 1.41 bits per heavy atom. The molecule has 0 unspecified atom stereocenters. The summed E-state index contributed by atoms with van der Waals surface area (Å²) in [5.74, 6) is 0. The van der Waals surface area contributed by atoms with Gasteiger partial charge in [-0.05, 0) is 31.4 Å². The number of hydrogen-bond acceptors (Lipinski definition) is 4. The fraction of sp³-hybridized carbons (Fsp3) is 0.636. The van der Waals surface area contributed by atoms with Crippen LogP contribution in [0.2, 0.25) is 0 Å². The highest BCUT2D eigenvalue weighted by molar-refractivity contribution is 7.91. The third-order valence-electron chi connectivity index (χ3n) is 2.71. The molecule has 0 fully saturated rings. The zero-order valence-electron chi connectivity index (χ0n) is 10.4. The van der Waals surface area contributed by atoms with Crippen molar-refractivity contribution in [1.29, 1.82) is 0 Å². The van der Waals surface area contributed by atoms with Crippen LogP contribution in [0.3, 0.4) is 0 Å². The van der Waals surface area contributed by atoms with Crippen LogP contribution in [0.5, 0.6) is 0 Å². The van der Waals surface area contributed by atoms with Crippen molar-refractivity contribution in [3.8, 4) is 0 Å². The first-order valence-corrected chi connectivity index (χ1v) is 7.97. The van der Waals surface area contributed by atoms with E-state index in [1.807, 2.05) is 13.8 Å². The summed E-state index contributed by atoms with van der Waals surface area (Å²) >= 11 is 1.13. The second-order valence-electron chi connectivity index (χ2n) is 3.96. The van der Waals surface area contributed by atoms with Gasteiger partial charge in [0.2, 0.25) is 10.0 Å². The first-order chi connectivity index (χ1) is 7.94. The van der Waals surface area contributed by atoms with Gasteiger partial charge in [0.15, 0.2) is 0 Å². The molecule has 0 bridgehead atoms. The average Bonchev–Trinajstić information content (AvgIpc) is 2.68. The zero-order valence-corrected chi connectivity index (χ0v) is 12.0. The zero-order chi connectivity index (χ0) is 13.1. The quantitative estimate of drug-likeness (QED) is 0.836. The summed E-state index contributed by atoms with van der Waals surface area (Å²) in [5.41, 5.74) is 0.822. The van der Waals surface area contributed by atoms with Gasteiger partial charge in [0, 0.05) is 10.9 Å². The molecule has 0 aliphatic rings. The fourth-order valence-electron chi connectivity index (χ4n) is 1.51. The third-order valence-corrected chi connectivity index (χ3v) is 5.93. The van der Waals surface area contributed by atoms with Gasteiger partial charge >= 0.3 is 0 Å². The average molecular weight is 277 g/mol. The van der Waals surface area contributed by atoms with Crippen LogP contribution in [0.4, 0.5) is 0 Å². The van der Waals surface area contributed by atoms with E-state index in [0.717, 1.165) is 29.7 Å². The van der Waals surface area contributed by atoms with Gasteiger partial charge in [0.05, 0.1) is 6.61 Å². The SMILES string of the molecule is CCC(CC)NS(=O)(=O)c1cc(C)c(CO)s1. The summed E-state index contributed by atoms with van der Waals surface area (Å²) in [6, 6.07) is 1.58. The molecule has 1 aromatic rings. The molecule has 0 aromatic carbocycles. The van der Waals surface area contributed by atoms with Gasteiger partial charge in [-0.1, -0.05) is 13.8 Å². The minimum absolute atomic E-state index is 0.0278. The minimum atomic E-state index is -3.44.